The Morgan fingerprint density at radius 2 is 2.06 bits per heavy atom. The minimum absolute atomic E-state index is 0.220. The molecule has 0 radical (unpaired) electrons. The summed E-state index contributed by atoms with van der Waals surface area (Å²) < 4.78 is 36.3. The minimum Gasteiger partial charge on any atom is -0.314 e. The van der Waals surface area contributed by atoms with E-state index in [4.69, 9.17) is 0 Å². The second kappa shape index (κ2) is 6.59. The number of hydrogen-bond donors (Lipinski definition) is 1. The first-order valence-corrected chi connectivity index (χ1v) is 6.40. The Labute approximate surface area is 102 Å². The van der Waals surface area contributed by atoms with Gasteiger partial charge >= 0.3 is 6.18 Å². The molecule has 1 fully saturated rings. The maximum Gasteiger partial charge on any atom is 0.389 e. The van der Waals surface area contributed by atoms with Crippen LogP contribution in [0, 0.1) is 5.92 Å². The number of nitrogens with one attached hydrogen (secondary N) is 1. The van der Waals surface area contributed by atoms with E-state index in [1.54, 1.807) is 0 Å². The fourth-order valence-electron chi connectivity index (χ4n) is 2.36. The molecule has 1 atom stereocenters. The molecule has 1 rings (SSSR count). The smallest absolute Gasteiger partial charge is 0.314 e. The van der Waals surface area contributed by atoms with Gasteiger partial charge in [-0.05, 0) is 25.3 Å². The van der Waals surface area contributed by atoms with E-state index in [2.05, 4.69) is 24.1 Å². The Hall–Kier alpha value is -0.290. The number of piperazine rings is 1. The molecule has 1 heterocycles. The van der Waals surface area contributed by atoms with Gasteiger partial charge in [0.05, 0.1) is 0 Å². The summed E-state index contributed by atoms with van der Waals surface area (Å²) in [7, 11) is 0. The molecule has 1 saturated heterocycles. The fraction of sp³-hybridized carbons (Fsp3) is 1.00. The highest BCUT2D eigenvalue weighted by atomic mass is 19.4. The monoisotopic (exact) mass is 252 g/mol. The Morgan fingerprint density at radius 1 is 1.35 bits per heavy atom. The van der Waals surface area contributed by atoms with Crippen LogP contribution < -0.4 is 5.32 Å². The van der Waals surface area contributed by atoms with Crippen LogP contribution in [0.25, 0.3) is 0 Å². The molecule has 1 unspecified atom stereocenters. The number of nitrogens with zero attached hydrogens (tertiary/aromatic N) is 1. The van der Waals surface area contributed by atoms with Crippen molar-refractivity contribution in [2.24, 2.45) is 5.92 Å². The summed E-state index contributed by atoms with van der Waals surface area (Å²) in [5.74, 6) is 0.588. The molecule has 5 heteroatoms. The molecule has 102 valence electrons. The lowest BCUT2D eigenvalue weighted by atomic mass is 10.0. The van der Waals surface area contributed by atoms with Gasteiger partial charge in [0.25, 0.3) is 0 Å². The molecule has 0 bridgehead atoms. The molecule has 0 aromatic heterocycles. The molecule has 0 spiro atoms. The Balaban J connectivity index is 2.32. The lowest BCUT2D eigenvalue weighted by molar-refractivity contribution is -0.136. The number of hydrogen-bond acceptors (Lipinski definition) is 2. The summed E-state index contributed by atoms with van der Waals surface area (Å²) in [6.45, 7) is 7.55. The van der Waals surface area contributed by atoms with Crippen molar-refractivity contribution < 1.29 is 13.2 Å². The standard InChI is InChI=1S/C12H23F3N2/c1-10(2)8-11-9-16-5-7-17(11)6-3-4-12(13,14)15/h10-11,16H,3-9H2,1-2H3. The molecule has 0 aromatic carbocycles. The summed E-state index contributed by atoms with van der Waals surface area (Å²) in [5.41, 5.74) is 0. The van der Waals surface area contributed by atoms with Gasteiger partial charge in [0, 0.05) is 32.1 Å². The molecule has 1 aliphatic heterocycles. The molecular weight excluding hydrogens is 229 g/mol. The zero-order valence-corrected chi connectivity index (χ0v) is 10.7. The van der Waals surface area contributed by atoms with Gasteiger partial charge in [0.15, 0.2) is 0 Å². The van der Waals surface area contributed by atoms with Crippen molar-refractivity contribution in [3.05, 3.63) is 0 Å². The van der Waals surface area contributed by atoms with E-state index in [-0.39, 0.29) is 6.42 Å². The van der Waals surface area contributed by atoms with Crippen molar-refractivity contribution in [1.29, 1.82) is 0 Å². The van der Waals surface area contributed by atoms with Crippen molar-refractivity contribution in [2.45, 2.75) is 45.3 Å². The first kappa shape index (κ1) is 14.8. The van der Waals surface area contributed by atoms with Gasteiger partial charge in [-0.1, -0.05) is 13.8 Å². The lowest BCUT2D eigenvalue weighted by Gasteiger charge is -2.37. The van der Waals surface area contributed by atoms with Crippen molar-refractivity contribution >= 4 is 0 Å². The first-order valence-electron chi connectivity index (χ1n) is 6.40. The molecular formula is C12H23F3N2. The van der Waals surface area contributed by atoms with Gasteiger partial charge in [-0.2, -0.15) is 13.2 Å². The molecule has 1 N–H and O–H groups in total. The van der Waals surface area contributed by atoms with Crippen LogP contribution in [-0.2, 0) is 0 Å². The second-order valence-electron chi connectivity index (χ2n) is 5.24. The van der Waals surface area contributed by atoms with Gasteiger partial charge in [0.1, 0.15) is 0 Å². The maximum atomic E-state index is 12.1. The van der Waals surface area contributed by atoms with Crippen molar-refractivity contribution in [1.82, 2.24) is 10.2 Å². The predicted molar refractivity (Wildman–Crippen MR) is 63.0 cm³/mol. The minimum atomic E-state index is -4.01. The average molecular weight is 252 g/mol. The van der Waals surface area contributed by atoms with Crippen LogP contribution >= 0.6 is 0 Å². The van der Waals surface area contributed by atoms with E-state index in [1.165, 1.54) is 0 Å². The summed E-state index contributed by atoms with van der Waals surface area (Å²) in [4.78, 5) is 2.21. The van der Waals surface area contributed by atoms with Crippen LogP contribution in [0.15, 0.2) is 0 Å². The molecule has 1 aliphatic rings. The number of halogens is 3. The molecule has 0 aliphatic carbocycles. The van der Waals surface area contributed by atoms with Crippen LogP contribution in [-0.4, -0.2) is 43.3 Å². The van der Waals surface area contributed by atoms with E-state index in [0.29, 0.717) is 18.5 Å². The van der Waals surface area contributed by atoms with Gasteiger partial charge < -0.3 is 5.32 Å². The topological polar surface area (TPSA) is 15.3 Å². The lowest BCUT2D eigenvalue weighted by Crippen LogP contribution is -2.51. The van der Waals surface area contributed by atoms with Crippen molar-refractivity contribution in [2.75, 3.05) is 26.2 Å². The van der Waals surface area contributed by atoms with E-state index < -0.39 is 12.6 Å². The number of alkyl halides is 3. The Bertz CT molecular complexity index is 216. The van der Waals surface area contributed by atoms with Gasteiger partial charge in [-0.3, -0.25) is 4.90 Å². The summed E-state index contributed by atoms with van der Waals surface area (Å²) in [6.07, 6.45) is -3.40. The molecule has 17 heavy (non-hydrogen) atoms. The van der Waals surface area contributed by atoms with E-state index >= 15 is 0 Å². The third-order valence-corrected chi connectivity index (χ3v) is 3.12. The molecule has 0 amide bonds. The normalized spacial score (nSPS) is 23.3. The molecule has 0 aromatic rings. The largest absolute Gasteiger partial charge is 0.389 e. The van der Waals surface area contributed by atoms with E-state index in [0.717, 1.165) is 26.1 Å². The molecule has 0 saturated carbocycles. The highest BCUT2D eigenvalue weighted by Crippen LogP contribution is 2.22. The SMILES string of the molecule is CC(C)CC1CNCCN1CCCC(F)(F)F. The predicted octanol–water partition coefficient (Wildman–Crippen LogP) is 2.65. The second-order valence-corrected chi connectivity index (χ2v) is 5.24. The van der Waals surface area contributed by atoms with E-state index in [9.17, 15) is 13.2 Å². The zero-order valence-electron chi connectivity index (χ0n) is 10.7. The number of rotatable bonds is 5. The van der Waals surface area contributed by atoms with Crippen LogP contribution in [0.4, 0.5) is 13.2 Å². The van der Waals surface area contributed by atoms with Gasteiger partial charge in [-0.15, -0.1) is 0 Å². The van der Waals surface area contributed by atoms with Gasteiger partial charge in [-0.25, -0.2) is 0 Å². The van der Waals surface area contributed by atoms with Crippen LogP contribution in [0.3, 0.4) is 0 Å². The third kappa shape index (κ3) is 6.27. The van der Waals surface area contributed by atoms with Crippen molar-refractivity contribution in [3.8, 4) is 0 Å². The summed E-state index contributed by atoms with van der Waals surface area (Å²) >= 11 is 0. The third-order valence-electron chi connectivity index (χ3n) is 3.12. The van der Waals surface area contributed by atoms with Crippen LogP contribution in [0.2, 0.25) is 0 Å². The highest BCUT2D eigenvalue weighted by Gasteiger charge is 2.28. The maximum absolute atomic E-state index is 12.1. The van der Waals surface area contributed by atoms with Gasteiger partial charge in [0.2, 0.25) is 0 Å². The molecule has 2 nitrogen and oxygen atoms in total. The van der Waals surface area contributed by atoms with E-state index in [1.807, 2.05) is 0 Å². The first-order chi connectivity index (χ1) is 7.88. The van der Waals surface area contributed by atoms with Crippen LogP contribution in [0.1, 0.15) is 33.1 Å². The summed E-state index contributed by atoms with van der Waals surface area (Å²) in [5, 5.41) is 3.31. The fourth-order valence-corrected chi connectivity index (χ4v) is 2.36. The average Bonchev–Trinajstić information content (AvgIpc) is 2.18. The van der Waals surface area contributed by atoms with Crippen molar-refractivity contribution in [3.63, 3.8) is 0 Å². The Morgan fingerprint density at radius 3 is 2.65 bits per heavy atom. The highest BCUT2D eigenvalue weighted by molar-refractivity contribution is 4.80. The summed E-state index contributed by atoms with van der Waals surface area (Å²) in [6, 6.07) is 0.400. The Kier molecular flexibility index (Phi) is 5.73. The van der Waals surface area contributed by atoms with Crippen LogP contribution in [0.5, 0.6) is 0 Å². The quantitative estimate of drug-likeness (QED) is 0.809. The zero-order chi connectivity index (χ0) is 12.9.